The lowest BCUT2D eigenvalue weighted by molar-refractivity contribution is 0.301. The van der Waals surface area contributed by atoms with Gasteiger partial charge in [-0.3, -0.25) is 4.98 Å². The normalized spacial score (nSPS) is 13.7. The zero-order valence-electron chi connectivity index (χ0n) is 17.6. The third-order valence-electron chi connectivity index (χ3n) is 4.94. The monoisotopic (exact) mass is 540 g/mol. The Hall–Kier alpha value is -2.00. The standard InChI is InChI=1S/C23H23BrClFN2O3S/c1-16(19-4-3-12-27-15-19)28(32(29,30)21-9-10-22(24)23(26)14-21)13-11-18-5-7-20(8-6-18)31-17(2)25/h3-10,12,14-17H,11,13H2,1-2H3. The average molecular weight is 542 g/mol. The van der Waals surface area contributed by atoms with Crippen LogP contribution in [-0.2, 0) is 16.4 Å². The Balaban J connectivity index is 1.89. The van der Waals surface area contributed by atoms with Crippen LogP contribution in [0.1, 0.15) is 31.0 Å². The number of nitrogens with zero attached hydrogens (tertiary/aromatic N) is 2. The van der Waals surface area contributed by atoms with Gasteiger partial charge in [0, 0.05) is 25.0 Å². The molecular weight excluding hydrogens is 519 g/mol. The Kier molecular flexibility index (Phi) is 8.27. The van der Waals surface area contributed by atoms with E-state index in [0.717, 1.165) is 17.2 Å². The Morgan fingerprint density at radius 2 is 1.88 bits per heavy atom. The highest BCUT2D eigenvalue weighted by atomic mass is 79.9. The third-order valence-corrected chi connectivity index (χ3v) is 7.64. The van der Waals surface area contributed by atoms with Crippen LogP contribution in [-0.4, -0.2) is 29.8 Å². The number of rotatable bonds is 9. The van der Waals surface area contributed by atoms with Crippen molar-refractivity contribution >= 4 is 37.6 Å². The highest BCUT2D eigenvalue weighted by Gasteiger charge is 2.30. The molecule has 1 aromatic heterocycles. The molecule has 0 radical (unpaired) electrons. The van der Waals surface area contributed by atoms with Crippen molar-refractivity contribution in [3.8, 4) is 5.75 Å². The van der Waals surface area contributed by atoms with E-state index in [0.29, 0.717) is 12.2 Å². The van der Waals surface area contributed by atoms with Crippen LogP contribution in [0.25, 0.3) is 0 Å². The second kappa shape index (κ2) is 10.7. The molecule has 2 atom stereocenters. The molecule has 2 unspecified atom stereocenters. The predicted octanol–water partition coefficient (Wildman–Crippen LogP) is 5.94. The maximum absolute atomic E-state index is 14.1. The molecule has 0 aliphatic rings. The van der Waals surface area contributed by atoms with E-state index in [1.807, 2.05) is 18.2 Å². The molecule has 3 aromatic rings. The molecule has 9 heteroatoms. The minimum absolute atomic E-state index is 0.103. The summed E-state index contributed by atoms with van der Waals surface area (Å²) in [6.07, 6.45) is 3.72. The molecule has 32 heavy (non-hydrogen) atoms. The smallest absolute Gasteiger partial charge is 0.243 e. The summed E-state index contributed by atoms with van der Waals surface area (Å²) < 4.78 is 48.1. The number of alkyl halides is 1. The topological polar surface area (TPSA) is 59.5 Å². The van der Waals surface area contributed by atoms with Crippen molar-refractivity contribution in [3.63, 3.8) is 0 Å². The highest BCUT2D eigenvalue weighted by molar-refractivity contribution is 9.10. The summed E-state index contributed by atoms with van der Waals surface area (Å²) >= 11 is 8.92. The molecule has 2 aromatic carbocycles. The summed E-state index contributed by atoms with van der Waals surface area (Å²) in [6, 6.07) is 14.2. The van der Waals surface area contributed by atoms with E-state index in [1.54, 1.807) is 44.4 Å². The van der Waals surface area contributed by atoms with Gasteiger partial charge in [-0.05, 0) is 83.7 Å². The molecule has 0 saturated heterocycles. The van der Waals surface area contributed by atoms with Crippen LogP contribution in [0.2, 0.25) is 0 Å². The van der Waals surface area contributed by atoms with Gasteiger partial charge in [0.2, 0.25) is 10.0 Å². The first kappa shape index (κ1) is 24.6. The van der Waals surface area contributed by atoms with Crippen LogP contribution in [0, 0.1) is 5.82 Å². The molecule has 0 saturated carbocycles. The second-order valence-corrected chi connectivity index (χ2v) is 10.6. The van der Waals surface area contributed by atoms with Gasteiger partial charge in [0.25, 0.3) is 0 Å². The summed E-state index contributed by atoms with van der Waals surface area (Å²) in [5, 5.41) is 0. The van der Waals surface area contributed by atoms with Crippen molar-refractivity contribution in [2.75, 3.05) is 6.54 Å². The average Bonchev–Trinajstić information content (AvgIpc) is 2.76. The lowest BCUT2D eigenvalue weighted by Gasteiger charge is -2.29. The molecule has 0 amide bonds. The first-order valence-electron chi connectivity index (χ1n) is 9.95. The lowest BCUT2D eigenvalue weighted by Crippen LogP contribution is -2.35. The SMILES string of the molecule is CC(Cl)Oc1ccc(CCN(C(C)c2cccnc2)S(=O)(=O)c2ccc(Br)c(F)c2)cc1. The van der Waals surface area contributed by atoms with Crippen molar-refractivity contribution in [2.45, 2.75) is 36.8 Å². The van der Waals surface area contributed by atoms with Crippen molar-refractivity contribution < 1.29 is 17.5 Å². The lowest BCUT2D eigenvalue weighted by atomic mass is 10.1. The molecule has 0 aliphatic carbocycles. The Bertz CT molecular complexity index is 1150. The van der Waals surface area contributed by atoms with Crippen molar-refractivity contribution in [1.82, 2.24) is 9.29 Å². The number of pyridine rings is 1. The Morgan fingerprint density at radius 3 is 2.47 bits per heavy atom. The number of hydrogen-bond donors (Lipinski definition) is 0. The number of aromatic nitrogens is 1. The first-order valence-corrected chi connectivity index (χ1v) is 12.6. The van der Waals surface area contributed by atoms with Crippen LogP contribution in [0.5, 0.6) is 5.75 Å². The van der Waals surface area contributed by atoms with Crippen molar-refractivity contribution in [3.05, 3.63) is 88.4 Å². The highest BCUT2D eigenvalue weighted by Crippen LogP contribution is 2.29. The first-order chi connectivity index (χ1) is 15.2. The van der Waals surface area contributed by atoms with Crippen LogP contribution in [0.3, 0.4) is 0 Å². The largest absolute Gasteiger partial charge is 0.475 e. The molecule has 170 valence electrons. The second-order valence-electron chi connectivity index (χ2n) is 7.21. The molecule has 0 aliphatic heterocycles. The molecule has 3 rings (SSSR count). The van der Waals surface area contributed by atoms with E-state index in [9.17, 15) is 12.8 Å². The van der Waals surface area contributed by atoms with Gasteiger partial charge in [-0.15, -0.1) is 0 Å². The van der Waals surface area contributed by atoms with Gasteiger partial charge >= 0.3 is 0 Å². The quantitative estimate of drug-likeness (QED) is 0.315. The number of ether oxygens (including phenoxy) is 1. The van der Waals surface area contributed by atoms with Gasteiger partial charge in [0.1, 0.15) is 11.6 Å². The van der Waals surface area contributed by atoms with Gasteiger partial charge in [-0.1, -0.05) is 29.8 Å². The number of sulfonamides is 1. The van der Waals surface area contributed by atoms with E-state index in [4.69, 9.17) is 16.3 Å². The third kappa shape index (κ3) is 6.07. The zero-order valence-corrected chi connectivity index (χ0v) is 20.7. The summed E-state index contributed by atoms with van der Waals surface area (Å²) in [5.74, 6) is -0.000965. The Morgan fingerprint density at radius 1 is 1.16 bits per heavy atom. The van der Waals surface area contributed by atoms with Gasteiger partial charge in [0.15, 0.2) is 5.56 Å². The van der Waals surface area contributed by atoms with Crippen LogP contribution in [0.4, 0.5) is 4.39 Å². The summed E-state index contributed by atoms with van der Waals surface area (Å²) in [5.41, 5.74) is 1.22. The molecule has 0 bridgehead atoms. The van der Waals surface area contributed by atoms with E-state index in [1.165, 1.54) is 16.4 Å². The predicted molar refractivity (Wildman–Crippen MR) is 127 cm³/mol. The summed E-state index contributed by atoms with van der Waals surface area (Å²) in [7, 11) is -3.98. The summed E-state index contributed by atoms with van der Waals surface area (Å²) in [4.78, 5) is 4.00. The fraction of sp³-hybridized carbons (Fsp3) is 0.261. The van der Waals surface area contributed by atoms with Crippen LogP contribution in [0.15, 0.2) is 76.4 Å². The molecule has 5 nitrogen and oxygen atoms in total. The molecule has 1 heterocycles. The van der Waals surface area contributed by atoms with Crippen molar-refractivity contribution in [1.29, 1.82) is 0 Å². The minimum Gasteiger partial charge on any atom is -0.475 e. The van der Waals surface area contributed by atoms with Crippen LogP contribution >= 0.6 is 27.5 Å². The fourth-order valence-electron chi connectivity index (χ4n) is 3.25. The maximum Gasteiger partial charge on any atom is 0.243 e. The zero-order chi connectivity index (χ0) is 23.3. The molecule has 0 fully saturated rings. The van der Waals surface area contributed by atoms with E-state index in [-0.39, 0.29) is 15.9 Å². The maximum atomic E-state index is 14.1. The number of halogens is 3. The Labute approximate surface area is 201 Å². The van der Waals surface area contributed by atoms with Crippen LogP contribution < -0.4 is 4.74 Å². The molecular formula is C23H23BrClFN2O3S. The number of benzene rings is 2. The molecule has 0 spiro atoms. The minimum atomic E-state index is -3.98. The van der Waals surface area contributed by atoms with Crippen molar-refractivity contribution in [2.24, 2.45) is 0 Å². The van der Waals surface area contributed by atoms with Gasteiger partial charge < -0.3 is 4.74 Å². The van der Waals surface area contributed by atoms with E-state index >= 15 is 0 Å². The molecule has 0 N–H and O–H groups in total. The number of hydrogen-bond acceptors (Lipinski definition) is 4. The van der Waals surface area contributed by atoms with Gasteiger partial charge in [-0.25, -0.2) is 12.8 Å². The fourth-order valence-corrected chi connectivity index (χ4v) is 5.23. The van der Waals surface area contributed by atoms with E-state index < -0.39 is 27.4 Å². The van der Waals surface area contributed by atoms with Gasteiger partial charge in [0.05, 0.1) is 9.37 Å². The van der Waals surface area contributed by atoms with Gasteiger partial charge in [-0.2, -0.15) is 4.31 Å². The van der Waals surface area contributed by atoms with E-state index in [2.05, 4.69) is 20.9 Å². The summed E-state index contributed by atoms with van der Waals surface area (Å²) in [6.45, 7) is 3.72.